The molecule has 1 aliphatic carbocycles. The van der Waals surface area contributed by atoms with Gasteiger partial charge in [0, 0.05) is 53.2 Å². The van der Waals surface area contributed by atoms with Crippen molar-refractivity contribution in [3.63, 3.8) is 0 Å². The highest BCUT2D eigenvalue weighted by molar-refractivity contribution is 7.13. The van der Waals surface area contributed by atoms with E-state index in [0.717, 1.165) is 41.0 Å². The summed E-state index contributed by atoms with van der Waals surface area (Å²) >= 11 is 7.46. The van der Waals surface area contributed by atoms with E-state index in [4.69, 9.17) is 21.1 Å². The highest BCUT2D eigenvalue weighted by atomic mass is 35.5. The van der Waals surface area contributed by atoms with Crippen molar-refractivity contribution in [3.8, 4) is 0 Å². The van der Waals surface area contributed by atoms with Gasteiger partial charge in [0.2, 0.25) is 0 Å². The third-order valence-corrected chi connectivity index (χ3v) is 8.26. The van der Waals surface area contributed by atoms with Crippen molar-refractivity contribution in [2.75, 3.05) is 13.6 Å². The Bertz CT molecular complexity index is 1370. The Balaban J connectivity index is 1.21. The number of nitrogens with zero attached hydrogens (tertiary/aromatic N) is 2. The Morgan fingerprint density at radius 3 is 2.61 bits per heavy atom. The van der Waals surface area contributed by atoms with Crippen LogP contribution in [0.4, 0.5) is 4.79 Å². The lowest BCUT2D eigenvalue weighted by molar-refractivity contribution is 0.0593. The molecule has 2 amide bonds. The first-order chi connectivity index (χ1) is 17.3. The number of amides is 2. The van der Waals surface area contributed by atoms with E-state index >= 15 is 0 Å². The molecule has 188 valence electrons. The number of aromatic nitrogens is 2. The second-order valence-electron chi connectivity index (χ2n) is 9.49. The third kappa shape index (κ3) is 4.42. The summed E-state index contributed by atoms with van der Waals surface area (Å²) in [6.45, 7) is 1.68. The summed E-state index contributed by atoms with van der Waals surface area (Å²) in [6.07, 6.45) is -0.248. The van der Waals surface area contributed by atoms with E-state index in [2.05, 4.69) is 25.5 Å². The van der Waals surface area contributed by atoms with E-state index in [-0.39, 0.29) is 11.8 Å². The fourth-order valence-electron chi connectivity index (χ4n) is 5.10. The maximum atomic E-state index is 13.2. The number of nitrogens with one attached hydrogen (secondary N) is 3. The summed E-state index contributed by atoms with van der Waals surface area (Å²) in [6, 6.07) is 6.11. The van der Waals surface area contributed by atoms with E-state index < -0.39 is 30.4 Å². The highest BCUT2D eigenvalue weighted by Crippen LogP contribution is 2.31. The first-order valence-corrected chi connectivity index (χ1v) is 13.0. The molecule has 6 rings (SSSR count). The SMILES string of the molecule is CN1CCc2nc(C(=O)N[C@H]3C[C@@H]4OC(=O)O[C@@H]4C[C@H]3NC(=O)c3cc4cc(Cl)ccc4[nH]3)sc2C1. The lowest BCUT2D eigenvalue weighted by Gasteiger charge is -2.36. The molecule has 0 radical (unpaired) electrons. The molecule has 3 aromatic rings. The quantitative estimate of drug-likeness (QED) is 0.444. The third-order valence-electron chi connectivity index (χ3n) is 6.94. The number of hydrogen-bond donors (Lipinski definition) is 3. The molecule has 36 heavy (non-hydrogen) atoms. The number of thiazole rings is 1. The van der Waals surface area contributed by atoms with Crippen LogP contribution >= 0.6 is 22.9 Å². The van der Waals surface area contributed by atoms with E-state index in [1.54, 1.807) is 18.2 Å². The van der Waals surface area contributed by atoms with Crippen LogP contribution in [-0.4, -0.2) is 70.7 Å². The maximum Gasteiger partial charge on any atom is 0.509 e. The van der Waals surface area contributed by atoms with Crippen molar-refractivity contribution in [1.29, 1.82) is 0 Å². The number of H-pyrrole nitrogens is 1. The molecule has 4 heterocycles. The van der Waals surface area contributed by atoms with Crippen LogP contribution in [0.1, 0.15) is 43.7 Å². The smallest absolute Gasteiger partial charge is 0.427 e. The van der Waals surface area contributed by atoms with Crippen molar-refractivity contribution < 1.29 is 23.9 Å². The molecule has 0 bridgehead atoms. The van der Waals surface area contributed by atoms with Gasteiger partial charge in [-0.05, 0) is 31.3 Å². The minimum Gasteiger partial charge on any atom is -0.427 e. The fourth-order valence-corrected chi connectivity index (χ4v) is 6.37. The Hall–Kier alpha value is -3.15. The number of rotatable bonds is 4. The number of fused-ring (bicyclic) bond motifs is 3. The Morgan fingerprint density at radius 1 is 1.14 bits per heavy atom. The molecule has 1 aromatic carbocycles. The molecular weight excluding hydrogens is 506 g/mol. The van der Waals surface area contributed by atoms with Gasteiger partial charge in [-0.1, -0.05) is 11.6 Å². The van der Waals surface area contributed by atoms with Gasteiger partial charge >= 0.3 is 6.16 Å². The number of benzene rings is 1. The van der Waals surface area contributed by atoms with Gasteiger partial charge in [-0.15, -0.1) is 11.3 Å². The van der Waals surface area contributed by atoms with Crippen molar-refractivity contribution in [1.82, 2.24) is 25.5 Å². The molecule has 1 saturated heterocycles. The number of halogens is 1. The maximum absolute atomic E-state index is 13.2. The molecule has 0 spiro atoms. The molecule has 2 aliphatic heterocycles. The summed E-state index contributed by atoms with van der Waals surface area (Å²) in [5.41, 5.74) is 2.12. The second kappa shape index (κ2) is 9.06. The number of ether oxygens (including phenoxy) is 2. The first kappa shape index (κ1) is 23.3. The van der Waals surface area contributed by atoms with Gasteiger partial charge < -0.3 is 30.0 Å². The average Bonchev–Trinajstić information content (AvgIpc) is 3.54. The lowest BCUT2D eigenvalue weighted by Crippen LogP contribution is -2.58. The van der Waals surface area contributed by atoms with Crippen LogP contribution in [0.15, 0.2) is 24.3 Å². The summed E-state index contributed by atoms with van der Waals surface area (Å²) in [4.78, 5) is 49.0. The summed E-state index contributed by atoms with van der Waals surface area (Å²) in [5.74, 6) is -0.631. The standard InChI is InChI=1S/C24H24ClN5O5S/c1-30-5-4-14-20(10-30)36-23(29-14)22(32)28-16-9-19-18(34-24(33)35-19)8-15(16)27-21(31)17-7-11-6-12(25)2-3-13(11)26-17/h2-3,6-7,15-16,18-19,26H,4-5,8-10H2,1H3,(H,27,31)(H,28,32)/t15-,16+,18-,19+/m1/s1. The van der Waals surface area contributed by atoms with Crippen LogP contribution in [0.25, 0.3) is 10.9 Å². The van der Waals surface area contributed by atoms with E-state index in [0.29, 0.717) is 28.6 Å². The minimum absolute atomic E-state index is 0.301. The second-order valence-corrected chi connectivity index (χ2v) is 11.0. The Labute approximate surface area is 215 Å². The molecule has 3 N–H and O–H groups in total. The molecule has 0 unspecified atom stereocenters. The first-order valence-electron chi connectivity index (χ1n) is 11.8. The monoisotopic (exact) mass is 529 g/mol. The number of carbonyl (C=O) groups excluding carboxylic acids is 3. The van der Waals surface area contributed by atoms with Gasteiger partial charge in [0.15, 0.2) is 5.01 Å². The van der Waals surface area contributed by atoms with Gasteiger partial charge in [-0.2, -0.15) is 0 Å². The summed E-state index contributed by atoms with van der Waals surface area (Å²) in [7, 11) is 2.04. The zero-order chi connectivity index (χ0) is 25.0. The van der Waals surface area contributed by atoms with E-state index in [1.165, 1.54) is 11.3 Å². The topological polar surface area (TPSA) is 126 Å². The fraction of sp³-hybridized carbons (Fsp3) is 0.417. The highest BCUT2D eigenvalue weighted by Gasteiger charge is 2.47. The summed E-state index contributed by atoms with van der Waals surface area (Å²) in [5, 5.41) is 7.83. The number of likely N-dealkylation sites (N-methyl/N-ethyl adjacent to an activating group) is 1. The van der Waals surface area contributed by atoms with Crippen molar-refractivity contribution in [2.45, 2.75) is 50.1 Å². The molecule has 2 aromatic heterocycles. The largest absolute Gasteiger partial charge is 0.509 e. The van der Waals surface area contributed by atoms with Crippen LogP contribution in [0.3, 0.4) is 0 Å². The van der Waals surface area contributed by atoms with Crippen molar-refractivity contribution in [2.24, 2.45) is 0 Å². The zero-order valence-corrected chi connectivity index (χ0v) is 20.9. The van der Waals surface area contributed by atoms with Crippen molar-refractivity contribution >= 4 is 51.8 Å². The van der Waals surface area contributed by atoms with Gasteiger partial charge in [0.05, 0.1) is 17.8 Å². The molecule has 1 saturated carbocycles. The predicted molar refractivity (Wildman–Crippen MR) is 132 cm³/mol. The van der Waals surface area contributed by atoms with E-state index in [1.807, 2.05) is 13.1 Å². The van der Waals surface area contributed by atoms with Crippen LogP contribution in [-0.2, 0) is 22.4 Å². The summed E-state index contributed by atoms with van der Waals surface area (Å²) < 4.78 is 10.6. The van der Waals surface area contributed by atoms with Crippen LogP contribution < -0.4 is 10.6 Å². The van der Waals surface area contributed by atoms with Gasteiger partial charge in [-0.25, -0.2) is 9.78 Å². The molecule has 4 atom stereocenters. The predicted octanol–water partition coefficient (Wildman–Crippen LogP) is 2.86. The zero-order valence-electron chi connectivity index (χ0n) is 19.4. The van der Waals surface area contributed by atoms with Crippen LogP contribution in [0.2, 0.25) is 5.02 Å². The molecular formula is C24H24ClN5O5S. The van der Waals surface area contributed by atoms with Gasteiger partial charge in [0.25, 0.3) is 11.8 Å². The molecule has 2 fully saturated rings. The molecule has 10 nitrogen and oxygen atoms in total. The number of carbonyl (C=O) groups is 3. The molecule has 12 heteroatoms. The van der Waals surface area contributed by atoms with Crippen molar-refractivity contribution in [3.05, 3.63) is 50.6 Å². The average molecular weight is 530 g/mol. The number of aromatic amines is 1. The number of hydrogen-bond acceptors (Lipinski definition) is 8. The normalized spacial score (nSPS) is 25.6. The lowest BCUT2D eigenvalue weighted by atomic mass is 9.86. The van der Waals surface area contributed by atoms with Gasteiger partial charge in [-0.3, -0.25) is 9.59 Å². The van der Waals surface area contributed by atoms with E-state index in [9.17, 15) is 14.4 Å². The molecule has 3 aliphatic rings. The minimum atomic E-state index is -0.730. The Morgan fingerprint density at radius 2 is 1.86 bits per heavy atom. The Kier molecular flexibility index (Phi) is 5.85. The van der Waals surface area contributed by atoms with Gasteiger partial charge in [0.1, 0.15) is 17.9 Å². The van der Waals surface area contributed by atoms with Crippen LogP contribution in [0, 0.1) is 0 Å². The van der Waals surface area contributed by atoms with Crippen LogP contribution in [0.5, 0.6) is 0 Å².